The average molecular weight is 206 g/mol. The Hall–Kier alpha value is -1.42. The van der Waals surface area contributed by atoms with Gasteiger partial charge in [0.2, 0.25) is 0 Å². The summed E-state index contributed by atoms with van der Waals surface area (Å²) in [5, 5.41) is 14.3. The zero-order valence-electron chi connectivity index (χ0n) is 8.69. The van der Waals surface area contributed by atoms with Gasteiger partial charge in [0.05, 0.1) is 4.92 Å². The number of aryl methyl sites for hydroxylation is 1. The van der Waals surface area contributed by atoms with Crippen molar-refractivity contribution in [1.82, 2.24) is 5.32 Å². The summed E-state index contributed by atoms with van der Waals surface area (Å²) in [6.45, 7) is 2.74. The maximum absolute atomic E-state index is 11.0. The second-order valence-electron chi connectivity index (χ2n) is 3.92. The fourth-order valence-electron chi connectivity index (χ4n) is 2.16. The molecule has 1 aromatic rings. The van der Waals surface area contributed by atoms with Crippen molar-refractivity contribution in [2.24, 2.45) is 0 Å². The van der Waals surface area contributed by atoms with E-state index in [2.05, 4.69) is 5.32 Å². The molecule has 0 spiro atoms. The Morgan fingerprint density at radius 2 is 2.33 bits per heavy atom. The molecule has 2 rings (SSSR count). The number of nitrogens with one attached hydrogen (secondary N) is 1. The molecule has 1 aliphatic rings. The van der Waals surface area contributed by atoms with Crippen molar-refractivity contribution in [1.29, 1.82) is 0 Å². The average Bonchev–Trinajstić information content (AvgIpc) is 2.69. The van der Waals surface area contributed by atoms with Crippen LogP contribution in [0.4, 0.5) is 5.69 Å². The van der Waals surface area contributed by atoms with E-state index in [4.69, 9.17) is 0 Å². The van der Waals surface area contributed by atoms with Crippen LogP contribution in [-0.4, -0.2) is 11.5 Å². The lowest BCUT2D eigenvalue weighted by molar-refractivity contribution is -0.386. The van der Waals surface area contributed by atoms with Crippen LogP contribution in [0.5, 0.6) is 0 Å². The van der Waals surface area contributed by atoms with Crippen LogP contribution in [0.15, 0.2) is 18.2 Å². The van der Waals surface area contributed by atoms with Gasteiger partial charge in [0.25, 0.3) is 5.69 Å². The highest BCUT2D eigenvalue weighted by atomic mass is 16.6. The van der Waals surface area contributed by atoms with Crippen molar-refractivity contribution in [3.63, 3.8) is 0 Å². The number of hydrogen-bond acceptors (Lipinski definition) is 3. The molecule has 15 heavy (non-hydrogen) atoms. The van der Waals surface area contributed by atoms with E-state index in [0.717, 1.165) is 30.5 Å². The van der Waals surface area contributed by atoms with Crippen LogP contribution in [-0.2, 0) is 0 Å². The van der Waals surface area contributed by atoms with Crippen LogP contribution >= 0.6 is 0 Å². The Balaban J connectivity index is 2.45. The van der Waals surface area contributed by atoms with Gasteiger partial charge in [-0.25, -0.2) is 0 Å². The predicted molar refractivity (Wildman–Crippen MR) is 57.8 cm³/mol. The summed E-state index contributed by atoms with van der Waals surface area (Å²) < 4.78 is 0. The number of para-hydroxylation sites is 1. The summed E-state index contributed by atoms with van der Waals surface area (Å²) in [5.41, 5.74) is 1.85. The molecule has 1 heterocycles. The lowest BCUT2D eigenvalue weighted by atomic mass is 10.0. The van der Waals surface area contributed by atoms with E-state index in [9.17, 15) is 10.1 Å². The van der Waals surface area contributed by atoms with Gasteiger partial charge in [0.15, 0.2) is 0 Å². The quantitative estimate of drug-likeness (QED) is 0.596. The standard InChI is InChI=1S/C11H14N2O2/c1-8-4-2-5-9(11(8)13(14)15)10-6-3-7-12-10/h2,4-5,10,12H,3,6-7H2,1H3. The summed E-state index contributed by atoms with van der Waals surface area (Å²) in [5.74, 6) is 0. The summed E-state index contributed by atoms with van der Waals surface area (Å²) >= 11 is 0. The van der Waals surface area contributed by atoms with Crippen molar-refractivity contribution in [2.75, 3.05) is 6.54 Å². The molecule has 4 nitrogen and oxygen atoms in total. The molecule has 4 heteroatoms. The molecular formula is C11H14N2O2. The maximum atomic E-state index is 11.0. The first-order chi connectivity index (χ1) is 7.20. The molecule has 80 valence electrons. The fourth-order valence-corrected chi connectivity index (χ4v) is 2.16. The minimum absolute atomic E-state index is 0.158. The first kappa shape index (κ1) is 10.1. The molecule has 1 unspecified atom stereocenters. The number of hydrogen-bond donors (Lipinski definition) is 1. The Bertz CT molecular complexity index is 384. The van der Waals surface area contributed by atoms with Crippen molar-refractivity contribution >= 4 is 5.69 Å². The smallest absolute Gasteiger partial charge is 0.277 e. The normalized spacial score (nSPS) is 20.5. The van der Waals surface area contributed by atoms with E-state index in [1.807, 2.05) is 12.1 Å². The number of benzene rings is 1. The molecule has 1 aromatic carbocycles. The third-order valence-corrected chi connectivity index (χ3v) is 2.89. The van der Waals surface area contributed by atoms with E-state index in [0.29, 0.717) is 0 Å². The molecule has 1 saturated heterocycles. The second kappa shape index (κ2) is 3.98. The summed E-state index contributed by atoms with van der Waals surface area (Å²) in [6, 6.07) is 5.69. The summed E-state index contributed by atoms with van der Waals surface area (Å²) in [4.78, 5) is 10.7. The van der Waals surface area contributed by atoms with Gasteiger partial charge < -0.3 is 5.32 Å². The monoisotopic (exact) mass is 206 g/mol. The zero-order valence-corrected chi connectivity index (χ0v) is 8.69. The molecule has 1 N–H and O–H groups in total. The Morgan fingerprint density at radius 3 is 2.93 bits per heavy atom. The zero-order chi connectivity index (χ0) is 10.8. The highest BCUT2D eigenvalue weighted by Gasteiger charge is 2.25. The van der Waals surface area contributed by atoms with Crippen LogP contribution in [0.1, 0.15) is 30.0 Å². The number of rotatable bonds is 2. The molecular weight excluding hydrogens is 192 g/mol. The molecule has 0 aliphatic carbocycles. The van der Waals surface area contributed by atoms with Crippen molar-refractivity contribution in [2.45, 2.75) is 25.8 Å². The minimum Gasteiger partial charge on any atom is -0.310 e. The molecule has 1 atom stereocenters. The van der Waals surface area contributed by atoms with E-state index in [-0.39, 0.29) is 16.7 Å². The topological polar surface area (TPSA) is 55.2 Å². The number of nitro groups is 1. The van der Waals surface area contributed by atoms with E-state index < -0.39 is 0 Å². The molecule has 1 fully saturated rings. The van der Waals surface area contributed by atoms with Gasteiger partial charge in [0, 0.05) is 17.2 Å². The van der Waals surface area contributed by atoms with Crippen molar-refractivity contribution in [3.8, 4) is 0 Å². The summed E-state index contributed by atoms with van der Waals surface area (Å²) in [6.07, 6.45) is 2.08. The third kappa shape index (κ3) is 1.85. The molecule has 0 radical (unpaired) electrons. The second-order valence-corrected chi connectivity index (χ2v) is 3.92. The van der Waals surface area contributed by atoms with Gasteiger partial charge in [0.1, 0.15) is 0 Å². The third-order valence-electron chi connectivity index (χ3n) is 2.89. The van der Waals surface area contributed by atoms with Gasteiger partial charge >= 0.3 is 0 Å². The Kier molecular flexibility index (Phi) is 2.68. The van der Waals surface area contributed by atoms with E-state index >= 15 is 0 Å². The predicted octanol–water partition coefficient (Wildman–Crippen LogP) is 2.33. The Morgan fingerprint density at radius 1 is 1.53 bits per heavy atom. The molecule has 0 saturated carbocycles. The van der Waals surface area contributed by atoms with Crippen molar-refractivity contribution in [3.05, 3.63) is 39.4 Å². The fraction of sp³-hybridized carbons (Fsp3) is 0.455. The van der Waals surface area contributed by atoms with Crippen LogP contribution in [0.2, 0.25) is 0 Å². The van der Waals surface area contributed by atoms with Crippen LogP contribution in [0, 0.1) is 17.0 Å². The van der Waals surface area contributed by atoms with Gasteiger partial charge in [-0.05, 0) is 26.3 Å². The maximum Gasteiger partial charge on any atom is 0.277 e. The molecule has 0 aromatic heterocycles. The first-order valence-corrected chi connectivity index (χ1v) is 5.17. The summed E-state index contributed by atoms with van der Waals surface area (Å²) in [7, 11) is 0. The van der Waals surface area contributed by atoms with Gasteiger partial charge in [-0.3, -0.25) is 10.1 Å². The van der Waals surface area contributed by atoms with Gasteiger partial charge in [-0.2, -0.15) is 0 Å². The molecule has 0 amide bonds. The largest absolute Gasteiger partial charge is 0.310 e. The van der Waals surface area contributed by atoms with Crippen LogP contribution in [0.3, 0.4) is 0 Å². The van der Waals surface area contributed by atoms with Crippen LogP contribution < -0.4 is 5.32 Å². The number of nitro benzene ring substituents is 1. The lowest BCUT2D eigenvalue weighted by Crippen LogP contribution is -2.14. The SMILES string of the molecule is Cc1cccc(C2CCCN2)c1[N+](=O)[O-]. The lowest BCUT2D eigenvalue weighted by Gasteiger charge is -2.11. The van der Waals surface area contributed by atoms with E-state index in [1.54, 1.807) is 13.0 Å². The van der Waals surface area contributed by atoms with Gasteiger partial charge in [-0.15, -0.1) is 0 Å². The van der Waals surface area contributed by atoms with E-state index in [1.165, 1.54) is 0 Å². The highest BCUT2D eigenvalue weighted by Crippen LogP contribution is 2.32. The Labute approximate surface area is 88.5 Å². The molecule has 0 bridgehead atoms. The highest BCUT2D eigenvalue weighted by molar-refractivity contribution is 5.48. The number of nitrogens with zero attached hydrogens (tertiary/aromatic N) is 1. The minimum atomic E-state index is -0.273. The first-order valence-electron chi connectivity index (χ1n) is 5.17. The van der Waals surface area contributed by atoms with Gasteiger partial charge in [-0.1, -0.05) is 18.2 Å². The van der Waals surface area contributed by atoms with Crippen LogP contribution in [0.25, 0.3) is 0 Å². The molecule has 1 aliphatic heterocycles. The van der Waals surface area contributed by atoms with Crippen molar-refractivity contribution < 1.29 is 4.92 Å².